The SMILES string of the molecule is O=C(N[C@@H]1CCCNC1)c1cc(Br)ccc1Br. The molecule has 3 nitrogen and oxygen atoms in total. The van der Waals surface area contributed by atoms with Gasteiger partial charge in [0.25, 0.3) is 5.91 Å². The second kappa shape index (κ2) is 5.98. The van der Waals surface area contributed by atoms with Crippen LogP contribution in [0.15, 0.2) is 27.1 Å². The van der Waals surface area contributed by atoms with Gasteiger partial charge in [0, 0.05) is 21.5 Å². The fourth-order valence-corrected chi connectivity index (χ4v) is 2.70. The van der Waals surface area contributed by atoms with Crippen LogP contribution in [0, 0.1) is 0 Å². The zero-order valence-corrected chi connectivity index (χ0v) is 12.5. The van der Waals surface area contributed by atoms with Crippen molar-refractivity contribution in [1.29, 1.82) is 0 Å². The maximum absolute atomic E-state index is 12.1. The number of rotatable bonds is 2. The topological polar surface area (TPSA) is 41.1 Å². The molecule has 1 aromatic carbocycles. The smallest absolute Gasteiger partial charge is 0.252 e. The fraction of sp³-hybridized carbons (Fsp3) is 0.417. The van der Waals surface area contributed by atoms with E-state index in [4.69, 9.17) is 0 Å². The molecule has 17 heavy (non-hydrogen) atoms. The first kappa shape index (κ1) is 13.1. The molecule has 1 aliphatic heterocycles. The lowest BCUT2D eigenvalue weighted by Crippen LogP contribution is -2.45. The molecule has 1 aliphatic rings. The van der Waals surface area contributed by atoms with Gasteiger partial charge in [-0.1, -0.05) is 15.9 Å². The minimum atomic E-state index is -0.0214. The van der Waals surface area contributed by atoms with Crippen molar-refractivity contribution in [3.63, 3.8) is 0 Å². The number of halogens is 2. The molecule has 1 atom stereocenters. The number of piperidine rings is 1. The van der Waals surface area contributed by atoms with E-state index in [1.807, 2.05) is 18.2 Å². The number of nitrogens with one attached hydrogen (secondary N) is 2. The molecule has 92 valence electrons. The van der Waals surface area contributed by atoms with E-state index in [2.05, 4.69) is 42.5 Å². The van der Waals surface area contributed by atoms with Crippen LogP contribution >= 0.6 is 31.9 Å². The van der Waals surface area contributed by atoms with Gasteiger partial charge in [-0.3, -0.25) is 4.79 Å². The van der Waals surface area contributed by atoms with Gasteiger partial charge in [-0.05, 0) is 53.5 Å². The van der Waals surface area contributed by atoms with E-state index in [1.54, 1.807) is 0 Å². The Balaban J connectivity index is 2.05. The van der Waals surface area contributed by atoms with Crippen molar-refractivity contribution in [3.05, 3.63) is 32.7 Å². The molecule has 5 heteroatoms. The molecule has 0 aliphatic carbocycles. The van der Waals surface area contributed by atoms with Crippen molar-refractivity contribution in [1.82, 2.24) is 10.6 Å². The average Bonchev–Trinajstić information content (AvgIpc) is 2.33. The van der Waals surface area contributed by atoms with Gasteiger partial charge in [0.2, 0.25) is 0 Å². The van der Waals surface area contributed by atoms with Crippen LogP contribution in [0.5, 0.6) is 0 Å². The molecule has 0 saturated carbocycles. The van der Waals surface area contributed by atoms with Gasteiger partial charge in [-0.2, -0.15) is 0 Å². The first-order valence-corrected chi connectivity index (χ1v) is 7.22. The van der Waals surface area contributed by atoms with Crippen LogP contribution in [-0.2, 0) is 0 Å². The molecule has 0 radical (unpaired) electrons. The lowest BCUT2D eigenvalue weighted by Gasteiger charge is -2.24. The maximum atomic E-state index is 12.1. The Bertz CT molecular complexity index is 417. The predicted octanol–water partition coefficient (Wildman–Crippen LogP) is 2.69. The van der Waals surface area contributed by atoms with E-state index in [0.29, 0.717) is 5.56 Å². The Morgan fingerprint density at radius 1 is 1.41 bits per heavy atom. The lowest BCUT2D eigenvalue weighted by molar-refractivity contribution is 0.0930. The summed E-state index contributed by atoms with van der Waals surface area (Å²) in [5.74, 6) is -0.0214. The molecule has 0 spiro atoms. The molecular weight excluding hydrogens is 348 g/mol. The highest BCUT2D eigenvalue weighted by Crippen LogP contribution is 2.21. The molecule has 1 saturated heterocycles. The predicted molar refractivity (Wildman–Crippen MR) is 75.2 cm³/mol. The van der Waals surface area contributed by atoms with Crippen LogP contribution < -0.4 is 10.6 Å². The first-order valence-electron chi connectivity index (χ1n) is 5.63. The van der Waals surface area contributed by atoms with Crippen LogP contribution in [0.4, 0.5) is 0 Å². The molecule has 1 heterocycles. The Morgan fingerprint density at radius 2 is 2.24 bits per heavy atom. The van der Waals surface area contributed by atoms with Gasteiger partial charge in [0.15, 0.2) is 0 Å². The molecular formula is C12H14Br2N2O. The van der Waals surface area contributed by atoms with Crippen molar-refractivity contribution in [2.45, 2.75) is 18.9 Å². The van der Waals surface area contributed by atoms with Crippen LogP contribution in [0.3, 0.4) is 0 Å². The Labute approximate surface area is 118 Å². The van der Waals surface area contributed by atoms with E-state index in [-0.39, 0.29) is 11.9 Å². The summed E-state index contributed by atoms with van der Waals surface area (Å²) in [7, 11) is 0. The van der Waals surface area contributed by atoms with Crippen molar-refractivity contribution < 1.29 is 4.79 Å². The minimum Gasteiger partial charge on any atom is -0.348 e. The summed E-state index contributed by atoms with van der Waals surface area (Å²) in [4.78, 5) is 12.1. The zero-order chi connectivity index (χ0) is 12.3. The summed E-state index contributed by atoms with van der Waals surface area (Å²) in [6.07, 6.45) is 2.16. The summed E-state index contributed by atoms with van der Waals surface area (Å²) in [6, 6.07) is 5.85. The van der Waals surface area contributed by atoms with Gasteiger partial charge in [0.1, 0.15) is 0 Å². The molecule has 2 rings (SSSR count). The highest BCUT2D eigenvalue weighted by molar-refractivity contribution is 9.11. The van der Waals surface area contributed by atoms with E-state index < -0.39 is 0 Å². The molecule has 0 bridgehead atoms. The van der Waals surface area contributed by atoms with Crippen LogP contribution in [0.2, 0.25) is 0 Å². The monoisotopic (exact) mass is 360 g/mol. The summed E-state index contributed by atoms with van der Waals surface area (Å²) >= 11 is 6.78. The standard InChI is InChI=1S/C12H14Br2N2O/c13-8-3-4-11(14)10(6-8)12(17)16-9-2-1-5-15-7-9/h3-4,6,9,15H,1-2,5,7H2,(H,16,17)/t9-/m1/s1. The number of hydrogen-bond donors (Lipinski definition) is 2. The van der Waals surface area contributed by atoms with Gasteiger partial charge < -0.3 is 10.6 Å². The van der Waals surface area contributed by atoms with Crippen LogP contribution in [-0.4, -0.2) is 25.0 Å². The fourth-order valence-electron chi connectivity index (χ4n) is 1.91. The third kappa shape index (κ3) is 3.53. The van der Waals surface area contributed by atoms with Crippen LogP contribution in [0.25, 0.3) is 0 Å². The van der Waals surface area contributed by atoms with Crippen LogP contribution in [0.1, 0.15) is 23.2 Å². The third-order valence-corrected chi connectivity index (χ3v) is 3.99. The molecule has 0 unspecified atom stereocenters. The largest absolute Gasteiger partial charge is 0.348 e. The van der Waals surface area contributed by atoms with E-state index in [9.17, 15) is 4.79 Å². The average molecular weight is 362 g/mol. The molecule has 0 aromatic heterocycles. The second-order valence-electron chi connectivity index (χ2n) is 4.14. The third-order valence-electron chi connectivity index (χ3n) is 2.81. The Morgan fingerprint density at radius 3 is 2.94 bits per heavy atom. The first-order chi connectivity index (χ1) is 8.16. The number of benzene rings is 1. The second-order valence-corrected chi connectivity index (χ2v) is 5.91. The summed E-state index contributed by atoms with van der Waals surface area (Å²) < 4.78 is 1.73. The van der Waals surface area contributed by atoms with Crippen molar-refractivity contribution >= 4 is 37.8 Å². The summed E-state index contributed by atoms with van der Waals surface area (Å²) in [5, 5.41) is 6.33. The number of amides is 1. The molecule has 1 fully saturated rings. The van der Waals surface area contributed by atoms with Gasteiger partial charge in [-0.15, -0.1) is 0 Å². The molecule has 1 aromatic rings. The Kier molecular flexibility index (Phi) is 4.59. The van der Waals surface area contributed by atoms with Crippen molar-refractivity contribution in [2.24, 2.45) is 0 Å². The van der Waals surface area contributed by atoms with E-state index in [1.165, 1.54) is 0 Å². The number of hydrogen-bond acceptors (Lipinski definition) is 2. The maximum Gasteiger partial charge on any atom is 0.252 e. The van der Waals surface area contributed by atoms with Gasteiger partial charge >= 0.3 is 0 Å². The van der Waals surface area contributed by atoms with Gasteiger partial charge in [-0.25, -0.2) is 0 Å². The lowest BCUT2D eigenvalue weighted by atomic mass is 10.1. The Hall–Kier alpha value is -0.390. The quantitative estimate of drug-likeness (QED) is 0.850. The highest BCUT2D eigenvalue weighted by atomic mass is 79.9. The molecule has 2 N–H and O–H groups in total. The summed E-state index contributed by atoms with van der Waals surface area (Å²) in [6.45, 7) is 1.91. The van der Waals surface area contributed by atoms with E-state index >= 15 is 0 Å². The normalized spacial score (nSPS) is 20.0. The van der Waals surface area contributed by atoms with Crippen molar-refractivity contribution in [2.75, 3.05) is 13.1 Å². The van der Waals surface area contributed by atoms with E-state index in [0.717, 1.165) is 34.9 Å². The van der Waals surface area contributed by atoms with Gasteiger partial charge in [0.05, 0.1) is 5.56 Å². The number of carbonyl (C=O) groups is 1. The van der Waals surface area contributed by atoms with Crippen molar-refractivity contribution in [3.8, 4) is 0 Å². The minimum absolute atomic E-state index is 0.0214. The highest BCUT2D eigenvalue weighted by Gasteiger charge is 2.17. The number of carbonyl (C=O) groups excluding carboxylic acids is 1. The molecule has 1 amide bonds. The zero-order valence-electron chi connectivity index (χ0n) is 9.30. The summed E-state index contributed by atoms with van der Waals surface area (Å²) in [5.41, 5.74) is 0.671.